The van der Waals surface area contributed by atoms with Crippen molar-refractivity contribution in [2.24, 2.45) is 0 Å². The third-order valence-electron chi connectivity index (χ3n) is 5.18. The third-order valence-corrected chi connectivity index (χ3v) is 5.58. The van der Waals surface area contributed by atoms with Crippen LogP contribution in [-0.4, -0.2) is 44.6 Å². The van der Waals surface area contributed by atoms with Gasteiger partial charge in [0.05, 0.1) is 12.5 Å². The highest BCUT2D eigenvalue weighted by Gasteiger charge is 2.39. The number of anilines is 1. The minimum Gasteiger partial charge on any atom is -0.382 e. The quantitative estimate of drug-likeness (QED) is 0.374. The maximum atomic E-state index is 13.7. The van der Waals surface area contributed by atoms with Gasteiger partial charge >= 0.3 is 12.4 Å². The van der Waals surface area contributed by atoms with Gasteiger partial charge in [-0.25, -0.2) is 0 Å². The molecular formula is C24H25ClF6N2O2. The van der Waals surface area contributed by atoms with Crippen molar-refractivity contribution < 1.29 is 35.9 Å². The average molecular weight is 523 g/mol. The number of nitrogens with one attached hydrogen (secondary N) is 2. The number of carbonyl (C=O) groups is 1. The summed E-state index contributed by atoms with van der Waals surface area (Å²) in [6, 6.07) is 7.67. The maximum absolute atomic E-state index is 13.7. The molecule has 0 fully saturated rings. The van der Waals surface area contributed by atoms with Gasteiger partial charge in [-0.15, -0.1) is 0 Å². The molecule has 0 spiro atoms. The molecule has 2 atom stereocenters. The second-order valence-corrected chi connectivity index (χ2v) is 8.34. The molecule has 2 aromatic carbocycles. The Hall–Kier alpha value is -2.72. The maximum Gasteiger partial charge on any atom is 0.405 e. The minimum atomic E-state index is -4.56. The molecule has 0 radical (unpaired) electrons. The first-order valence-electron chi connectivity index (χ1n) is 10.4. The lowest BCUT2D eigenvalue weighted by molar-refractivity contribution is -0.139. The molecule has 0 aliphatic carbocycles. The van der Waals surface area contributed by atoms with Crippen LogP contribution in [0, 0.1) is 13.8 Å². The van der Waals surface area contributed by atoms with Gasteiger partial charge in [0.1, 0.15) is 12.6 Å². The summed E-state index contributed by atoms with van der Waals surface area (Å²) < 4.78 is 83.2. The van der Waals surface area contributed by atoms with Gasteiger partial charge in [0.2, 0.25) is 5.91 Å². The fraction of sp³-hybridized carbons (Fsp3) is 0.375. The Morgan fingerprint density at radius 2 is 1.71 bits per heavy atom. The van der Waals surface area contributed by atoms with E-state index in [9.17, 15) is 31.1 Å². The Kier molecular flexibility index (Phi) is 9.62. The number of allylic oxidation sites excluding steroid dienone is 1. The van der Waals surface area contributed by atoms with E-state index in [1.807, 2.05) is 0 Å². The number of carbonyl (C=O) groups excluding carboxylic acids is 1. The Labute approximate surface area is 204 Å². The number of halogens is 7. The van der Waals surface area contributed by atoms with E-state index in [-0.39, 0.29) is 17.2 Å². The predicted octanol–water partition coefficient (Wildman–Crippen LogP) is 6.42. The molecule has 0 heterocycles. The fourth-order valence-corrected chi connectivity index (χ4v) is 3.47. The number of hydrogen-bond acceptors (Lipinski definition) is 3. The van der Waals surface area contributed by atoms with Crippen LogP contribution in [0.25, 0.3) is 6.08 Å². The summed E-state index contributed by atoms with van der Waals surface area (Å²) in [5.41, 5.74) is 2.20. The summed E-state index contributed by atoms with van der Waals surface area (Å²) >= 11 is 6.08. The largest absolute Gasteiger partial charge is 0.405 e. The molecule has 2 aromatic rings. The van der Waals surface area contributed by atoms with E-state index < -0.39 is 36.8 Å². The Balaban J connectivity index is 2.17. The van der Waals surface area contributed by atoms with Gasteiger partial charge in [-0.05, 0) is 54.3 Å². The number of aryl methyl sites for hydroxylation is 1. The Morgan fingerprint density at radius 1 is 1.09 bits per heavy atom. The van der Waals surface area contributed by atoms with Gasteiger partial charge in [0, 0.05) is 17.8 Å². The number of amides is 1. The van der Waals surface area contributed by atoms with Crippen molar-refractivity contribution in [3.63, 3.8) is 0 Å². The number of alkyl halides is 6. The molecule has 2 rings (SSSR count). The number of ether oxygens (including phenoxy) is 1. The number of hydrogen-bond donors (Lipinski definition) is 2. The second kappa shape index (κ2) is 11.8. The molecule has 0 saturated heterocycles. The number of methoxy groups -OCH3 is 1. The lowest BCUT2D eigenvalue weighted by Crippen LogP contribution is -2.45. The predicted molar refractivity (Wildman–Crippen MR) is 124 cm³/mol. The van der Waals surface area contributed by atoms with E-state index in [4.69, 9.17) is 16.3 Å². The van der Waals surface area contributed by atoms with Crippen LogP contribution in [0.5, 0.6) is 0 Å². The summed E-state index contributed by atoms with van der Waals surface area (Å²) in [7, 11) is 1.29. The van der Waals surface area contributed by atoms with Crippen molar-refractivity contribution in [3.8, 4) is 0 Å². The van der Waals surface area contributed by atoms with Crippen molar-refractivity contribution in [3.05, 3.63) is 69.8 Å². The van der Waals surface area contributed by atoms with Crippen LogP contribution in [0.15, 0.2) is 42.5 Å². The summed E-state index contributed by atoms with van der Waals surface area (Å²) in [5, 5.41) is 4.78. The van der Waals surface area contributed by atoms with Crippen LogP contribution in [0.3, 0.4) is 0 Å². The van der Waals surface area contributed by atoms with Crippen molar-refractivity contribution in [1.82, 2.24) is 5.32 Å². The van der Waals surface area contributed by atoms with E-state index >= 15 is 0 Å². The zero-order valence-corrected chi connectivity index (χ0v) is 19.9. The zero-order chi connectivity index (χ0) is 26.4. The van der Waals surface area contributed by atoms with Crippen LogP contribution in [0.4, 0.5) is 32.0 Å². The lowest BCUT2D eigenvalue weighted by Gasteiger charge is -2.20. The molecule has 2 N–H and O–H groups in total. The SMILES string of the molecule is COCC(Nc1ccc(/C=C/C(c2cc(C)c(C)c(Cl)c2)C(F)(F)F)cc1)C(=O)NCC(F)(F)F. The summed E-state index contributed by atoms with van der Waals surface area (Å²) in [6.07, 6.45) is -6.76. The van der Waals surface area contributed by atoms with Crippen LogP contribution in [0.1, 0.15) is 28.2 Å². The van der Waals surface area contributed by atoms with Gasteiger partial charge in [-0.3, -0.25) is 4.79 Å². The molecule has 0 saturated carbocycles. The van der Waals surface area contributed by atoms with Crippen molar-refractivity contribution >= 4 is 29.3 Å². The highest BCUT2D eigenvalue weighted by Crippen LogP contribution is 2.38. The van der Waals surface area contributed by atoms with Crippen molar-refractivity contribution in [1.29, 1.82) is 0 Å². The molecular weight excluding hydrogens is 498 g/mol. The molecule has 192 valence electrons. The molecule has 0 aromatic heterocycles. The fourth-order valence-electron chi connectivity index (χ4n) is 3.19. The minimum absolute atomic E-state index is 0.0208. The Morgan fingerprint density at radius 3 is 2.23 bits per heavy atom. The first-order chi connectivity index (χ1) is 16.2. The zero-order valence-electron chi connectivity index (χ0n) is 19.1. The topological polar surface area (TPSA) is 50.4 Å². The monoisotopic (exact) mass is 522 g/mol. The highest BCUT2D eigenvalue weighted by molar-refractivity contribution is 6.31. The average Bonchev–Trinajstić information content (AvgIpc) is 2.75. The van der Waals surface area contributed by atoms with E-state index in [0.29, 0.717) is 22.4 Å². The van der Waals surface area contributed by atoms with Gasteiger partial charge in [0.15, 0.2) is 0 Å². The molecule has 0 aliphatic heterocycles. The van der Waals surface area contributed by atoms with E-state index in [1.165, 1.54) is 49.6 Å². The first kappa shape index (κ1) is 28.5. The number of rotatable bonds is 9. The first-order valence-corrected chi connectivity index (χ1v) is 10.8. The van der Waals surface area contributed by atoms with E-state index in [2.05, 4.69) is 5.32 Å². The summed E-state index contributed by atoms with van der Waals surface area (Å²) in [4.78, 5) is 12.0. The molecule has 35 heavy (non-hydrogen) atoms. The Bertz CT molecular complexity index is 1010. The van der Waals surface area contributed by atoms with E-state index in [0.717, 1.165) is 6.08 Å². The third kappa shape index (κ3) is 8.78. The summed E-state index contributed by atoms with van der Waals surface area (Å²) in [6.45, 7) is 1.74. The molecule has 0 bridgehead atoms. The molecule has 2 unspecified atom stereocenters. The van der Waals surface area contributed by atoms with Crippen LogP contribution in [0.2, 0.25) is 5.02 Å². The number of benzene rings is 2. The van der Waals surface area contributed by atoms with Gasteiger partial charge in [-0.2, -0.15) is 26.3 Å². The molecule has 4 nitrogen and oxygen atoms in total. The van der Waals surface area contributed by atoms with Crippen LogP contribution in [-0.2, 0) is 9.53 Å². The van der Waals surface area contributed by atoms with Crippen molar-refractivity contribution in [2.45, 2.75) is 38.2 Å². The lowest BCUT2D eigenvalue weighted by atomic mass is 9.94. The molecule has 0 aliphatic rings. The molecule has 11 heteroatoms. The van der Waals surface area contributed by atoms with Gasteiger partial charge in [0.25, 0.3) is 0 Å². The second-order valence-electron chi connectivity index (χ2n) is 7.93. The van der Waals surface area contributed by atoms with Crippen LogP contribution >= 0.6 is 11.6 Å². The van der Waals surface area contributed by atoms with Gasteiger partial charge in [-0.1, -0.05) is 42.0 Å². The summed E-state index contributed by atoms with van der Waals surface area (Å²) in [5.74, 6) is -2.78. The highest BCUT2D eigenvalue weighted by atomic mass is 35.5. The van der Waals surface area contributed by atoms with Gasteiger partial charge < -0.3 is 15.4 Å². The van der Waals surface area contributed by atoms with E-state index in [1.54, 1.807) is 19.2 Å². The molecule has 1 amide bonds. The smallest absolute Gasteiger partial charge is 0.382 e. The standard InChI is InChI=1S/C24H25ClF6N2O2/c1-14-10-17(11-20(25)15(14)2)19(24(29,30)31)9-6-16-4-7-18(8-5-16)33-21(12-35-3)22(34)32-13-23(26,27)28/h4-11,19,21,33H,12-13H2,1-3H3,(H,32,34)/b9-6+. The van der Waals surface area contributed by atoms with Crippen LogP contribution < -0.4 is 10.6 Å². The normalized spacial score (nSPS) is 14.1. The van der Waals surface area contributed by atoms with Crippen molar-refractivity contribution in [2.75, 3.05) is 25.6 Å².